The Hall–Kier alpha value is -0.880. The number of rotatable bonds is 7. The van der Waals surface area contributed by atoms with Gasteiger partial charge >= 0.3 is 0 Å². The number of halogens is 1. The number of hydrogen-bond acceptors (Lipinski definition) is 4. The maximum absolute atomic E-state index is 8.73. The first kappa shape index (κ1) is 15.2. The van der Waals surface area contributed by atoms with Crippen LogP contribution in [0.4, 0.5) is 0 Å². The molecule has 4 nitrogen and oxygen atoms in total. The zero-order chi connectivity index (χ0) is 13.4. The summed E-state index contributed by atoms with van der Waals surface area (Å²) in [5.41, 5.74) is 6.20. The molecule has 0 unspecified atom stereocenters. The third kappa shape index (κ3) is 4.78. The number of amidine groups is 1. The van der Waals surface area contributed by atoms with Gasteiger partial charge in [-0.3, -0.25) is 0 Å². The van der Waals surface area contributed by atoms with E-state index in [1.54, 1.807) is 6.07 Å². The van der Waals surface area contributed by atoms with Crippen LogP contribution >= 0.6 is 27.7 Å². The summed E-state index contributed by atoms with van der Waals surface area (Å²) in [6, 6.07) is 5.44. The van der Waals surface area contributed by atoms with E-state index in [1.165, 1.54) is 0 Å². The summed E-state index contributed by atoms with van der Waals surface area (Å²) in [5.74, 6) is 2.88. The van der Waals surface area contributed by atoms with Gasteiger partial charge in [-0.25, -0.2) is 0 Å². The highest BCUT2D eigenvalue weighted by Crippen LogP contribution is 2.23. The molecule has 0 radical (unpaired) electrons. The molecule has 0 amide bonds. The van der Waals surface area contributed by atoms with E-state index < -0.39 is 0 Å². The fourth-order valence-electron chi connectivity index (χ4n) is 1.37. The molecule has 0 saturated heterocycles. The van der Waals surface area contributed by atoms with Gasteiger partial charge in [0.05, 0.1) is 12.2 Å². The molecule has 0 aliphatic rings. The van der Waals surface area contributed by atoms with Gasteiger partial charge < -0.3 is 15.7 Å². The van der Waals surface area contributed by atoms with Crippen molar-refractivity contribution in [2.45, 2.75) is 13.3 Å². The van der Waals surface area contributed by atoms with Gasteiger partial charge in [-0.05, 0) is 36.1 Å². The van der Waals surface area contributed by atoms with Gasteiger partial charge in [-0.2, -0.15) is 11.8 Å². The zero-order valence-electron chi connectivity index (χ0n) is 10.2. The largest absolute Gasteiger partial charge is 0.493 e. The molecule has 0 atom stereocenters. The highest BCUT2D eigenvalue weighted by molar-refractivity contribution is 9.10. The van der Waals surface area contributed by atoms with Gasteiger partial charge in [-0.15, -0.1) is 0 Å². The minimum atomic E-state index is 0.0502. The summed E-state index contributed by atoms with van der Waals surface area (Å²) >= 11 is 5.23. The summed E-state index contributed by atoms with van der Waals surface area (Å²) in [5, 5.41) is 11.7. The minimum absolute atomic E-state index is 0.0502. The van der Waals surface area contributed by atoms with Gasteiger partial charge in [0, 0.05) is 4.47 Å². The SMILES string of the molecule is CCSCCCOc1ccc(Br)cc1/C(N)=N/O. The molecule has 18 heavy (non-hydrogen) atoms. The van der Waals surface area contributed by atoms with E-state index in [2.05, 4.69) is 28.0 Å². The predicted octanol–water partition coefficient (Wildman–Crippen LogP) is 3.07. The fourth-order valence-corrected chi connectivity index (χ4v) is 2.34. The third-order valence-corrected chi connectivity index (χ3v) is 3.70. The van der Waals surface area contributed by atoms with Crippen LogP contribution < -0.4 is 10.5 Å². The fraction of sp³-hybridized carbons (Fsp3) is 0.417. The second-order valence-electron chi connectivity index (χ2n) is 3.52. The van der Waals surface area contributed by atoms with E-state index in [1.807, 2.05) is 23.9 Å². The Morgan fingerprint density at radius 1 is 1.56 bits per heavy atom. The van der Waals surface area contributed by atoms with E-state index in [0.29, 0.717) is 17.9 Å². The zero-order valence-corrected chi connectivity index (χ0v) is 12.6. The molecular formula is C12H17BrN2O2S. The number of oxime groups is 1. The first-order valence-corrected chi connectivity index (χ1v) is 7.61. The van der Waals surface area contributed by atoms with Crippen LogP contribution in [0.2, 0.25) is 0 Å². The molecule has 1 aromatic carbocycles. The second-order valence-corrected chi connectivity index (χ2v) is 5.83. The molecule has 0 aliphatic heterocycles. The first-order valence-electron chi connectivity index (χ1n) is 5.67. The van der Waals surface area contributed by atoms with Crippen molar-refractivity contribution in [3.8, 4) is 5.75 Å². The van der Waals surface area contributed by atoms with Crippen LogP contribution in [-0.2, 0) is 0 Å². The Morgan fingerprint density at radius 3 is 3.00 bits per heavy atom. The van der Waals surface area contributed by atoms with Crippen molar-refractivity contribution in [1.82, 2.24) is 0 Å². The molecule has 0 heterocycles. The van der Waals surface area contributed by atoms with Crippen LogP contribution in [0.25, 0.3) is 0 Å². The molecule has 0 aliphatic carbocycles. The Labute approximate surface area is 120 Å². The second kappa shape index (κ2) is 8.26. The van der Waals surface area contributed by atoms with Crippen molar-refractivity contribution in [2.24, 2.45) is 10.9 Å². The number of thioether (sulfide) groups is 1. The number of nitrogens with two attached hydrogens (primary N) is 1. The molecule has 6 heteroatoms. The van der Waals surface area contributed by atoms with Gasteiger partial charge in [-0.1, -0.05) is 28.0 Å². The standard InChI is InChI=1S/C12H17BrN2O2S/c1-2-18-7-3-6-17-11-5-4-9(13)8-10(11)12(14)15-16/h4-5,8,16H,2-3,6-7H2,1H3,(H2,14,15). The average molecular weight is 333 g/mol. The minimum Gasteiger partial charge on any atom is -0.493 e. The summed E-state index contributed by atoms with van der Waals surface area (Å²) in [7, 11) is 0. The number of ether oxygens (including phenoxy) is 1. The lowest BCUT2D eigenvalue weighted by molar-refractivity contribution is 0.312. The van der Waals surface area contributed by atoms with Gasteiger partial charge in [0.25, 0.3) is 0 Å². The van der Waals surface area contributed by atoms with Crippen molar-refractivity contribution >= 4 is 33.5 Å². The maximum atomic E-state index is 8.73. The van der Waals surface area contributed by atoms with E-state index in [9.17, 15) is 0 Å². The monoisotopic (exact) mass is 332 g/mol. The molecule has 0 fully saturated rings. The van der Waals surface area contributed by atoms with E-state index in [-0.39, 0.29) is 5.84 Å². The van der Waals surface area contributed by atoms with Gasteiger partial charge in [0.1, 0.15) is 5.75 Å². The molecular weight excluding hydrogens is 316 g/mol. The van der Waals surface area contributed by atoms with Crippen molar-refractivity contribution in [3.63, 3.8) is 0 Å². The van der Waals surface area contributed by atoms with Crippen LogP contribution in [0.1, 0.15) is 18.9 Å². The Kier molecular flexibility index (Phi) is 6.97. The normalized spacial score (nSPS) is 11.6. The molecule has 0 spiro atoms. The quantitative estimate of drug-likeness (QED) is 0.265. The molecule has 100 valence electrons. The van der Waals surface area contributed by atoms with E-state index in [0.717, 1.165) is 22.4 Å². The highest BCUT2D eigenvalue weighted by atomic mass is 79.9. The van der Waals surface area contributed by atoms with Crippen LogP contribution in [0.5, 0.6) is 5.75 Å². The Balaban J connectivity index is 2.64. The molecule has 0 bridgehead atoms. The predicted molar refractivity (Wildman–Crippen MR) is 79.8 cm³/mol. The summed E-state index contributed by atoms with van der Waals surface area (Å²) in [4.78, 5) is 0. The van der Waals surface area contributed by atoms with Crippen molar-refractivity contribution < 1.29 is 9.94 Å². The van der Waals surface area contributed by atoms with Crippen LogP contribution in [0.15, 0.2) is 27.8 Å². The third-order valence-electron chi connectivity index (χ3n) is 2.22. The lowest BCUT2D eigenvalue weighted by Gasteiger charge is -2.10. The number of hydrogen-bond donors (Lipinski definition) is 2. The lowest BCUT2D eigenvalue weighted by atomic mass is 10.2. The summed E-state index contributed by atoms with van der Waals surface area (Å²) in [6.45, 7) is 2.76. The topological polar surface area (TPSA) is 67.8 Å². The number of benzene rings is 1. The smallest absolute Gasteiger partial charge is 0.173 e. The van der Waals surface area contributed by atoms with Crippen LogP contribution in [0.3, 0.4) is 0 Å². The Morgan fingerprint density at radius 2 is 2.33 bits per heavy atom. The molecule has 1 aromatic rings. The van der Waals surface area contributed by atoms with Crippen molar-refractivity contribution in [3.05, 3.63) is 28.2 Å². The lowest BCUT2D eigenvalue weighted by Crippen LogP contribution is -2.15. The molecule has 0 saturated carbocycles. The molecule has 0 aromatic heterocycles. The number of nitrogens with zero attached hydrogens (tertiary/aromatic N) is 1. The maximum Gasteiger partial charge on any atom is 0.173 e. The molecule has 3 N–H and O–H groups in total. The van der Waals surface area contributed by atoms with Crippen LogP contribution in [-0.4, -0.2) is 29.2 Å². The van der Waals surface area contributed by atoms with E-state index >= 15 is 0 Å². The summed E-state index contributed by atoms with van der Waals surface area (Å²) < 4.78 is 6.51. The van der Waals surface area contributed by atoms with Gasteiger partial charge in [0.15, 0.2) is 5.84 Å². The van der Waals surface area contributed by atoms with Crippen molar-refractivity contribution in [2.75, 3.05) is 18.1 Å². The molecule has 1 rings (SSSR count). The highest BCUT2D eigenvalue weighted by Gasteiger charge is 2.09. The average Bonchev–Trinajstić information content (AvgIpc) is 2.39. The van der Waals surface area contributed by atoms with Gasteiger partial charge in [0.2, 0.25) is 0 Å². The first-order chi connectivity index (χ1) is 8.69. The summed E-state index contributed by atoms with van der Waals surface area (Å²) in [6.07, 6.45) is 0.976. The Bertz CT molecular complexity index is 413. The van der Waals surface area contributed by atoms with Crippen LogP contribution in [0, 0.1) is 0 Å². The van der Waals surface area contributed by atoms with Crippen molar-refractivity contribution in [1.29, 1.82) is 0 Å². The van der Waals surface area contributed by atoms with E-state index in [4.69, 9.17) is 15.7 Å².